The minimum absolute atomic E-state index is 0.271. The number of aliphatic imine (C=N–C) groups is 1. The molecule has 0 spiro atoms. The Labute approximate surface area is 241 Å². The summed E-state index contributed by atoms with van der Waals surface area (Å²) in [4.78, 5) is 4.75. The number of rotatable bonds is 6. The topological polar surface area (TPSA) is 33.6 Å². The van der Waals surface area contributed by atoms with Gasteiger partial charge in [-0.05, 0) is 72.0 Å². The molecule has 0 unspecified atom stereocenters. The van der Waals surface area contributed by atoms with Crippen molar-refractivity contribution in [3.8, 4) is 5.75 Å². The number of ether oxygens (including phenoxy) is 1. The summed E-state index contributed by atoms with van der Waals surface area (Å²) >= 11 is 15.9. The molecular weight excluding hydrogens is 579 g/mol. The van der Waals surface area contributed by atoms with Crippen LogP contribution in [0.15, 0.2) is 107 Å². The lowest BCUT2D eigenvalue weighted by Crippen LogP contribution is -2.28. The average molecular weight is 604 g/mol. The number of hydrogen-bond acceptors (Lipinski definition) is 3. The Morgan fingerprint density at radius 1 is 0.974 bits per heavy atom. The highest BCUT2D eigenvalue weighted by atomic mass is 79.9. The zero-order valence-corrected chi connectivity index (χ0v) is 23.5. The van der Waals surface area contributed by atoms with Crippen LogP contribution < -0.4 is 10.1 Å². The minimum atomic E-state index is 0.271. The highest BCUT2D eigenvalue weighted by Gasteiger charge is 2.37. The van der Waals surface area contributed by atoms with E-state index in [-0.39, 0.29) is 6.04 Å². The molecule has 3 nitrogen and oxygen atoms in total. The van der Waals surface area contributed by atoms with Crippen molar-refractivity contribution >= 4 is 56.7 Å². The van der Waals surface area contributed by atoms with Crippen LogP contribution in [0.5, 0.6) is 5.75 Å². The summed E-state index contributed by atoms with van der Waals surface area (Å²) < 4.78 is 7.05. The molecule has 6 rings (SSSR count). The summed E-state index contributed by atoms with van der Waals surface area (Å²) in [7, 11) is 0. The smallest absolute Gasteiger partial charge is 0.128 e. The normalized spacial score (nSPS) is 19.7. The average Bonchev–Trinajstić information content (AvgIpc) is 3.43. The maximum Gasteiger partial charge on any atom is 0.128 e. The van der Waals surface area contributed by atoms with Gasteiger partial charge in [0.1, 0.15) is 12.4 Å². The first-order valence-electron chi connectivity index (χ1n) is 12.6. The zero-order valence-electron chi connectivity index (χ0n) is 20.5. The van der Waals surface area contributed by atoms with E-state index < -0.39 is 0 Å². The third-order valence-electron chi connectivity index (χ3n) is 7.25. The monoisotopic (exact) mass is 602 g/mol. The number of nitrogens with one attached hydrogen (secondary N) is 1. The molecule has 0 bridgehead atoms. The van der Waals surface area contributed by atoms with E-state index in [4.69, 9.17) is 32.9 Å². The summed E-state index contributed by atoms with van der Waals surface area (Å²) in [6.45, 7) is 0.335. The van der Waals surface area contributed by atoms with E-state index in [0.717, 1.165) is 33.5 Å². The van der Waals surface area contributed by atoms with Gasteiger partial charge in [-0.25, -0.2) is 0 Å². The standard InChI is InChI=1S/C32H25BrCl2N2O/c33-23-11-15-31(38-19-21-8-12-24(34)17-29(21)35)22(16-23)18-36-25-13-9-20(10-14-25)32-28-6-3-5-26(28)27-4-1-2-7-30(27)37-32/h1-5,7-18,26,28,32,37H,6,19H2/t26-,28-,32+/m1/s1. The van der Waals surface area contributed by atoms with Crippen LogP contribution in [0, 0.1) is 5.92 Å². The molecule has 6 heteroatoms. The molecule has 0 aromatic heterocycles. The molecule has 1 heterocycles. The van der Waals surface area contributed by atoms with Gasteiger partial charge in [-0.1, -0.05) is 87.7 Å². The third-order valence-corrected chi connectivity index (χ3v) is 8.33. The fraction of sp³-hybridized carbons (Fsp3) is 0.156. The Morgan fingerprint density at radius 2 is 1.82 bits per heavy atom. The SMILES string of the molecule is Clc1ccc(COc2ccc(Br)cc2C=Nc2ccc([C@@H]3Nc4ccccc4[C@H]4C=CC[C@H]43)cc2)c(Cl)c1. The maximum atomic E-state index is 6.32. The van der Waals surface area contributed by atoms with Crippen molar-refractivity contribution in [3.05, 3.63) is 134 Å². The maximum absolute atomic E-state index is 6.32. The molecule has 190 valence electrons. The first-order valence-corrected chi connectivity index (χ1v) is 14.1. The van der Waals surface area contributed by atoms with E-state index in [0.29, 0.717) is 28.5 Å². The van der Waals surface area contributed by atoms with Crippen LogP contribution >= 0.6 is 39.1 Å². The van der Waals surface area contributed by atoms with Gasteiger partial charge in [-0.3, -0.25) is 4.99 Å². The number of anilines is 1. The zero-order chi connectivity index (χ0) is 26.1. The second-order valence-corrected chi connectivity index (χ2v) is 11.4. The van der Waals surface area contributed by atoms with Crippen LogP contribution in [0.3, 0.4) is 0 Å². The molecule has 3 atom stereocenters. The molecule has 1 aliphatic carbocycles. The fourth-order valence-corrected chi connectivity index (χ4v) is 6.17. The molecule has 4 aromatic rings. The van der Waals surface area contributed by atoms with E-state index in [1.165, 1.54) is 16.8 Å². The van der Waals surface area contributed by atoms with Crippen molar-refractivity contribution in [3.63, 3.8) is 0 Å². The summed E-state index contributed by atoms with van der Waals surface area (Å²) in [5.41, 5.74) is 6.54. The second kappa shape index (κ2) is 11.0. The van der Waals surface area contributed by atoms with Crippen LogP contribution in [0.1, 0.15) is 40.6 Å². The first kappa shape index (κ1) is 25.2. The van der Waals surface area contributed by atoms with Crippen LogP contribution in [0.4, 0.5) is 11.4 Å². The number of nitrogens with zero attached hydrogens (tertiary/aromatic N) is 1. The molecular formula is C32H25BrCl2N2O. The van der Waals surface area contributed by atoms with Crippen molar-refractivity contribution in [2.24, 2.45) is 10.9 Å². The van der Waals surface area contributed by atoms with E-state index >= 15 is 0 Å². The molecule has 2 aliphatic rings. The predicted octanol–water partition coefficient (Wildman–Crippen LogP) is 9.91. The number of para-hydroxylation sites is 1. The number of hydrogen-bond donors (Lipinski definition) is 1. The summed E-state index contributed by atoms with van der Waals surface area (Å²) in [6.07, 6.45) is 7.62. The first-order chi connectivity index (χ1) is 18.5. The molecule has 1 aliphatic heterocycles. The van der Waals surface area contributed by atoms with Crippen LogP contribution in [0.2, 0.25) is 10.0 Å². The molecule has 0 radical (unpaired) electrons. The largest absolute Gasteiger partial charge is 0.488 e. The van der Waals surface area contributed by atoms with Gasteiger partial charge in [-0.15, -0.1) is 0 Å². The summed E-state index contributed by atoms with van der Waals surface area (Å²) in [5.74, 6) is 1.71. The molecule has 0 amide bonds. The van der Waals surface area contributed by atoms with Gasteiger partial charge in [0.25, 0.3) is 0 Å². The highest BCUT2D eigenvalue weighted by Crippen LogP contribution is 2.49. The predicted molar refractivity (Wildman–Crippen MR) is 161 cm³/mol. The molecule has 4 aromatic carbocycles. The van der Waals surface area contributed by atoms with Crippen LogP contribution in [-0.2, 0) is 6.61 Å². The van der Waals surface area contributed by atoms with E-state index in [1.807, 2.05) is 36.5 Å². The number of halogens is 3. The Morgan fingerprint density at radius 3 is 2.66 bits per heavy atom. The van der Waals surface area contributed by atoms with Crippen LogP contribution in [-0.4, -0.2) is 6.21 Å². The Balaban J connectivity index is 1.19. The van der Waals surface area contributed by atoms with E-state index in [2.05, 4.69) is 81.9 Å². The van der Waals surface area contributed by atoms with Gasteiger partial charge < -0.3 is 10.1 Å². The van der Waals surface area contributed by atoms with Crippen LogP contribution in [0.25, 0.3) is 0 Å². The quantitative estimate of drug-likeness (QED) is 0.176. The molecule has 0 saturated carbocycles. The van der Waals surface area contributed by atoms with Crippen molar-refractivity contribution in [1.29, 1.82) is 0 Å². The Bertz CT molecular complexity index is 1530. The summed E-state index contributed by atoms with van der Waals surface area (Å²) in [6, 6.07) is 28.7. The van der Waals surface area contributed by atoms with E-state index in [1.54, 1.807) is 6.07 Å². The van der Waals surface area contributed by atoms with Crippen molar-refractivity contribution in [1.82, 2.24) is 0 Å². The van der Waals surface area contributed by atoms with E-state index in [9.17, 15) is 0 Å². The van der Waals surface area contributed by atoms with Gasteiger partial charge in [0.15, 0.2) is 0 Å². The Kier molecular flexibility index (Phi) is 7.29. The lowest BCUT2D eigenvalue weighted by atomic mass is 9.77. The molecule has 0 fully saturated rings. The molecule has 38 heavy (non-hydrogen) atoms. The summed E-state index contributed by atoms with van der Waals surface area (Å²) in [5, 5.41) is 4.98. The number of fused-ring (bicyclic) bond motifs is 3. The lowest BCUT2D eigenvalue weighted by Gasteiger charge is -2.37. The highest BCUT2D eigenvalue weighted by molar-refractivity contribution is 9.10. The second-order valence-electron chi connectivity index (χ2n) is 9.62. The van der Waals surface area contributed by atoms with Gasteiger partial charge in [0.05, 0.1) is 11.7 Å². The molecule has 0 saturated heterocycles. The van der Waals surface area contributed by atoms with Gasteiger partial charge in [0, 0.05) is 43.5 Å². The van der Waals surface area contributed by atoms with Crippen molar-refractivity contribution < 1.29 is 4.74 Å². The number of allylic oxidation sites excluding steroid dienone is 2. The van der Waals surface area contributed by atoms with Crippen molar-refractivity contribution in [2.75, 3.05) is 5.32 Å². The number of benzene rings is 4. The fourth-order valence-electron chi connectivity index (χ4n) is 5.33. The lowest BCUT2D eigenvalue weighted by molar-refractivity contribution is 0.306. The van der Waals surface area contributed by atoms with Gasteiger partial charge in [-0.2, -0.15) is 0 Å². The Hall–Kier alpha value is -3.05. The third kappa shape index (κ3) is 5.26. The van der Waals surface area contributed by atoms with Crippen molar-refractivity contribution in [2.45, 2.75) is 25.0 Å². The van der Waals surface area contributed by atoms with Gasteiger partial charge >= 0.3 is 0 Å². The minimum Gasteiger partial charge on any atom is -0.488 e. The molecule has 1 N–H and O–H groups in total. The van der Waals surface area contributed by atoms with Gasteiger partial charge in [0.2, 0.25) is 0 Å².